The van der Waals surface area contributed by atoms with Gasteiger partial charge in [0.2, 0.25) is 11.8 Å². The van der Waals surface area contributed by atoms with E-state index in [1.807, 2.05) is 13.0 Å². The van der Waals surface area contributed by atoms with Crippen molar-refractivity contribution in [3.63, 3.8) is 0 Å². The first-order valence-corrected chi connectivity index (χ1v) is 18.1. The summed E-state index contributed by atoms with van der Waals surface area (Å²) in [6.07, 6.45) is 1.60. The molecule has 0 amide bonds. The van der Waals surface area contributed by atoms with Crippen LogP contribution in [0, 0.1) is 0 Å². The number of aromatic nitrogens is 3. The van der Waals surface area contributed by atoms with E-state index in [-0.39, 0.29) is 48.9 Å². The lowest BCUT2D eigenvalue weighted by Crippen LogP contribution is -2.20. The van der Waals surface area contributed by atoms with Gasteiger partial charge in [-0.15, -0.1) is 0 Å². The molecule has 2 heterocycles. The van der Waals surface area contributed by atoms with Crippen molar-refractivity contribution >= 4 is 41.5 Å². The highest BCUT2D eigenvalue weighted by Gasteiger charge is 2.36. The molecule has 2 aromatic heterocycles. The zero-order valence-corrected chi connectivity index (χ0v) is 29.2. The van der Waals surface area contributed by atoms with Crippen molar-refractivity contribution in [3.8, 4) is 11.6 Å². The molecular formula is C34H43F3N5O6P. The topological polar surface area (TPSA) is 129 Å². The molecular weight excluding hydrogens is 662 g/mol. The Hall–Kier alpha value is -3.84. The third-order valence-corrected chi connectivity index (χ3v) is 10.6. The summed E-state index contributed by atoms with van der Waals surface area (Å²) in [6.45, 7) is 6.53. The number of fused-ring (bicyclic) bond motifs is 1. The van der Waals surface area contributed by atoms with Gasteiger partial charge < -0.3 is 38.8 Å². The molecule has 0 unspecified atom stereocenters. The fourth-order valence-electron chi connectivity index (χ4n) is 6.36. The second-order valence-corrected chi connectivity index (χ2v) is 13.9. The fraction of sp³-hybridized carbons (Fsp3) is 0.471. The minimum Gasteiger partial charge on any atom is -0.495 e. The van der Waals surface area contributed by atoms with Gasteiger partial charge in [0.05, 0.1) is 49.4 Å². The van der Waals surface area contributed by atoms with Crippen LogP contribution in [0.1, 0.15) is 69.1 Å². The number of nitrogens with zero attached hydrogens (tertiary/aromatic N) is 3. The smallest absolute Gasteiger partial charge is 0.421 e. The van der Waals surface area contributed by atoms with Crippen molar-refractivity contribution in [1.82, 2.24) is 14.5 Å². The molecule has 49 heavy (non-hydrogen) atoms. The van der Waals surface area contributed by atoms with E-state index in [0.29, 0.717) is 35.2 Å². The Kier molecular flexibility index (Phi) is 11.4. The van der Waals surface area contributed by atoms with Crippen LogP contribution in [0.3, 0.4) is 0 Å². The molecule has 266 valence electrons. The molecule has 4 aromatic rings. The molecule has 0 saturated heterocycles. The third-order valence-electron chi connectivity index (χ3n) is 8.56. The van der Waals surface area contributed by atoms with Gasteiger partial charge in [0.1, 0.15) is 17.1 Å². The average molecular weight is 706 g/mol. The van der Waals surface area contributed by atoms with Crippen LogP contribution in [0.4, 0.5) is 36.3 Å². The van der Waals surface area contributed by atoms with Gasteiger partial charge in [0.25, 0.3) is 0 Å². The maximum Gasteiger partial charge on any atom is 0.421 e. The molecule has 2 aromatic carbocycles. The lowest BCUT2D eigenvalue weighted by Gasteiger charge is -2.29. The van der Waals surface area contributed by atoms with Gasteiger partial charge in [-0.25, -0.2) is 4.98 Å². The first-order valence-electron chi connectivity index (χ1n) is 16.3. The van der Waals surface area contributed by atoms with Crippen molar-refractivity contribution in [2.75, 3.05) is 37.6 Å². The van der Waals surface area contributed by atoms with Gasteiger partial charge in [-0.2, -0.15) is 18.2 Å². The molecule has 1 saturated carbocycles. The number of aromatic hydroxyl groups is 1. The third kappa shape index (κ3) is 8.31. The summed E-state index contributed by atoms with van der Waals surface area (Å²) in [5.41, 5.74) is 1.20. The molecule has 1 aliphatic carbocycles. The van der Waals surface area contributed by atoms with E-state index in [4.69, 9.17) is 18.5 Å². The Balaban J connectivity index is 1.46. The fourth-order valence-corrected chi connectivity index (χ4v) is 8.05. The molecule has 0 bridgehead atoms. The standard InChI is InChI=1S/C34H43F3N5O6P/c1-6-46-23-12-10-22(11-13-23)24-14-16-28(30-25(24)19-42(4)32(30)43)39-31-26(34(35,36)37)18-38-33(41-31)40-27-15-9-21(17-29(27)45-5)20-49(44,47-7-2)48-8-3/h9,14-19,22-23,43H,6-8,10-13,20H2,1-5H3,(H2,38,39,40,41). The highest BCUT2D eigenvalue weighted by Crippen LogP contribution is 2.52. The lowest BCUT2D eigenvalue weighted by atomic mass is 9.81. The highest BCUT2D eigenvalue weighted by atomic mass is 31.2. The maximum absolute atomic E-state index is 14.2. The van der Waals surface area contributed by atoms with E-state index < -0.39 is 25.2 Å². The summed E-state index contributed by atoms with van der Waals surface area (Å²) in [7, 11) is -0.271. The van der Waals surface area contributed by atoms with Crippen LogP contribution in [0.25, 0.3) is 10.8 Å². The van der Waals surface area contributed by atoms with Crippen LogP contribution in [-0.4, -0.2) is 52.7 Å². The number of rotatable bonds is 14. The number of methoxy groups -OCH3 is 1. The number of alkyl halides is 3. The number of nitrogens with one attached hydrogen (secondary N) is 2. The molecule has 0 spiro atoms. The predicted octanol–water partition coefficient (Wildman–Crippen LogP) is 9.02. The number of hydrogen-bond donors (Lipinski definition) is 3. The Morgan fingerprint density at radius 2 is 1.69 bits per heavy atom. The molecule has 0 atom stereocenters. The highest BCUT2D eigenvalue weighted by molar-refractivity contribution is 7.53. The van der Waals surface area contributed by atoms with E-state index in [9.17, 15) is 22.8 Å². The molecule has 0 aliphatic heterocycles. The Labute approximate surface area is 283 Å². The van der Waals surface area contributed by atoms with Crippen LogP contribution in [0.5, 0.6) is 11.6 Å². The van der Waals surface area contributed by atoms with Gasteiger partial charge in [0.15, 0.2) is 0 Å². The van der Waals surface area contributed by atoms with Crippen molar-refractivity contribution in [1.29, 1.82) is 0 Å². The van der Waals surface area contributed by atoms with Crippen molar-refractivity contribution in [3.05, 3.63) is 59.4 Å². The van der Waals surface area contributed by atoms with E-state index in [0.717, 1.165) is 36.6 Å². The summed E-state index contributed by atoms with van der Waals surface area (Å²) in [6, 6.07) is 8.53. The van der Waals surface area contributed by atoms with Gasteiger partial charge in [-0.05, 0) is 81.7 Å². The number of hydrogen-bond acceptors (Lipinski definition) is 10. The van der Waals surface area contributed by atoms with Crippen LogP contribution >= 0.6 is 7.60 Å². The van der Waals surface area contributed by atoms with Crippen molar-refractivity contribution in [2.24, 2.45) is 7.05 Å². The SMILES string of the molecule is CCOC1CCC(c2ccc(Nc3nc(Nc4ccc(CP(=O)(OCC)OCC)cc4OC)ncc3C(F)(F)F)c3c(O)n(C)cc23)CC1. The minimum absolute atomic E-state index is 0.00426. The predicted molar refractivity (Wildman–Crippen MR) is 182 cm³/mol. The summed E-state index contributed by atoms with van der Waals surface area (Å²) in [4.78, 5) is 8.16. The van der Waals surface area contributed by atoms with Crippen molar-refractivity contribution in [2.45, 2.75) is 70.8 Å². The van der Waals surface area contributed by atoms with E-state index in [2.05, 4.69) is 20.6 Å². The van der Waals surface area contributed by atoms with Crippen molar-refractivity contribution < 1.29 is 41.4 Å². The number of benzene rings is 2. The zero-order valence-electron chi connectivity index (χ0n) is 28.3. The second-order valence-electron chi connectivity index (χ2n) is 11.8. The maximum atomic E-state index is 14.2. The van der Waals surface area contributed by atoms with E-state index >= 15 is 0 Å². The molecule has 15 heteroatoms. The molecule has 1 aliphatic rings. The normalized spacial score (nSPS) is 17.0. The average Bonchev–Trinajstić information content (AvgIpc) is 3.36. The van der Waals surface area contributed by atoms with Gasteiger partial charge in [-0.3, -0.25) is 4.57 Å². The molecule has 11 nitrogen and oxygen atoms in total. The van der Waals surface area contributed by atoms with Crippen LogP contribution < -0.4 is 15.4 Å². The number of anilines is 4. The minimum atomic E-state index is -4.77. The van der Waals surface area contributed by atoms with E-state index in [1.165, 1.54) is 7.11 Å². The quantitative estimate of drug-likeness (QED) is 0.109. The number of aryl methyl sites for hydroxylation is 1. The first kappa shape index (κ1) is 36.4. The summed E-state index contributed by atoms with van der Waals surface area (Å²) < 4.78 is 79.5. The Morgan fingerprint density at radius 3 is 2.33 bits per heavy atom. The van der Waals surface area contributed by atoms with Crippen LogP contribution in [0.15, 0.2) is 42.7 Å². The molecule has 1 fully saturated rings. The van der Waals surface area contributed by atoms with Gasteiger partial charge in [0, 0.05) is 31.4 Å². The number of ether oxygens (including phenoxy) is 2. The molecule has 5 rings (SSSR count). The van der Waals surface area contributed by atoms with Crippen LogP contribution in [0.2, 0.25) is 0 Å². The van der Waals surface area contributed by atoms with Crippen LogP contribution in [-0.2, 0) is 37.7 Å². The molecule has 0 radical (unpaired) electrons. The number of halogens is 3. The Bertz CT molecular complexity index is 1800. The van der Waals surface area contributed by atoms with E-state index in [1.54, 1.807) is 55.9 Å². The largest absolute Gasteiger partial charge is 0.495 e. The summed E-state index contributed by atoms with van der Waals surface area (Å²) >= 11 is 0. The van der Waals surface area contributed by atoms with Gasteiger partial charge >= 0.3 is 13.8 Å². The zero-order chi connectivity index (χ0) is 35.3. The first-order chi connectivity index (χ1) is 23.4. The lowest BCUT2D eigenvalue weighted by molar-refractivity contribution is -0.137. The monoisotopic (exact) mass is 705 g/mol. The van der Waals surface area contributed by atoms with Gasteiger partial charge in [-0.1, -0.05) is 12.1 Å². The summed E-state index contributed by atoms with van der Waals surface area (Å²) in [5, 5.41) is 18.0. The summed E-state index contributed by atoms with van der Waals surface area (Å²) in [5.74, 6) is -0.165. The second kappa shape index (κ2) is 15.4. The molecule has 3 N–H and O–H groups in total. The Morgan fingerprint density at radius 1 is 1.00 bits per heavy atom.